The Morgan fingerprint density at radius 3 is 2.48 bits per heavy atom. The van der Waals surface area contributed by atoms with Crippen molar-refractivity contribution < 1.29 is 14.3 Å². The second-order valence-corrected chi connectivity index (χ2v) is 7.88. The van der Waals surface area contributed by atoms with Crippen LogP contribution in [0.2, 0.25) is 0 Å². The molecule has 2 aromatic rings. The second kappa shape index (κ2) is 7.31. The van der Waals surface area contributed by atoms with Crippen molar-refractivity contribution in [2.24, 2.45) is 0 Å². The predicted molar refractivity (Wildman–Crippen MR) is 107 cm³/mol. The van der Waals surface area contributed by atoms with Crippen molar-refractivity contribution in [3.63, 3.8) is 0 Å². The lowest BCUT2D eigenvalue weighted by molar-refractivity contribution is -0.122. The van der Waals surface area contributed by atoms with Gasteiger partial charge in [-0.05, 0) is 51.5 Å². The molecule has 2 aromatic carbocycles. The van der Waals surface area contributed by atoms with E-state index in [2.05, 4.69) is 21.2 Å². The maximum Gasteiger partial charge on any atom is 0.225 e. The van der Waals surface area contributed by atoms with Crippen molar-refractivity contribution in [1.82, 2.24) is 5.32 Å². The Morgan fingerprint density at radius 1 is 1.00 bits per heavy atom. The number of ketones is 1. The summed E-state index contributed by atoms with van der Waals surface area (Å²) in [6.07, 6.45) is 1.45. The molecule has 1 aliphatic heterocycles. The van der Waals surface area contributed by atoms with Gasteiger partial charge < -0.3 is 10.1 Å². The van der Waals surface area contributed by atoms with Gasteiger partial charge in [0.1, 0.15) is 5.75 Å². The van der Waals surface area contributed by atoms with Crippen LogP contribution < -0.4 is 10.1 Å². The number of hydrogen-bond acceptors (Lipinski definition) is 3. The molecular formula is C22H20BrNO3. The maximum atomic E-state index is 13.1. The highest BCUT2D eigenvalue weighted by Crippen LogP contribution is 2.43. The van der Waals surface area contributed by atoms with Crippen LogP contribution in [0.15, 0.2) is 64.3 Å². The highest BCUT2D eigenvalue weighted by molar-refractivity contribution is 9.10. The zero-order valence-electron chi connectivity index (χ0n) is 15.0. The minimum absolute atomic E-state index is 0.0350. The van der Waals surface area contributed by atoms with E-state index in [1.165, 1.54) is 0 Å². The fourth-order valence-corrected chi connectivity index (χ4v) is 4.66. The Kier molecular flexibility index (Phi) is 4.87. The van der Waals surface area contributed by atoms with E-state index >= 15 is 0 Å². The van der Waals surface area contributed by atoms with Crippen LogP contribution in [-0.2, 0) is 9.59 Å². The molecule has 1 amide bonds. The predicted octanol–water partition coefficient (Wildman–Crippen LogP) is 4.46. The largest absolute Gasteiger partial charge is 0.496 e. The summed E-state index contributed by atoms with van der Waals surface area (Å²) in [7, 11) is 1.61. The van der Waals surface area contributed by atoms with E-state index in [-0.39, 0.29) is 23.5 Å². The first kappa shape index (κ1) is 18.0. The number of Topliss-reactive ketones (excluding diaryl/α,β-unsaturated/α-hetero) is 1. The molecule has 0 bridgehead atoms. The third kappa shape index (κ3) is 3.44. The van der Waals surface area contributed by atoms with Crippen molar-refractivity contribution in [3.05, 3.63) is 75.4 Å². The van der Waals surface area contributed by atoms with E-state index < -0.39 is 0 Å². The lowest BCUT2D eigenvalue weighted by atomic mass is 9.73. The molecule has 1 heterocycles. The molecule has 0 saturated carbocycles. The number of ether oxygens (including phenoxy) is 1. The Hall–Kier alpha value is -2.40. The van der Waals surface area contributed by atoms with E-state index in [1.54, 1.807) is 7.11 Å². The fraction of sp³-hybridized carbons (Fsp3) is 0.273. The number of benzene rings is 2. The van der Waals surface area contributed by atoms with E-state index in [0.717, 1.165) is 32.6 Å². The van der Waals surface area contributed by atoms with Gasteiger partial charge in [-0.2, -0.15) is 0 Å². The summed E-state index contributed by atoms with van der Waals surface area (Å²) in [6, 6.07) is 15.8. The van der Waals surface area contributed by atoms with Crippen LogP contribution in [0, 0.1) is 0 Å². The van der Waals surface area contributed by atoms with Crippen LogP contribution >= 0.6 is 15.9 Å². The average molecular weight is 426 g/mol. The van der Waals surface area contributed by atoms with Crippen LogP contribution in [0.1, 0.15) is 42.2 Å². The number of halogens is 1. The molecule has 0 radical (unpaired) electrons. The van der Waals surface area contributed by atoms with Gasteiger partial charge in [-0.25, -0.2) is 0 Å². The number of allylic oxidation sites excluding steroid dienone is 2. The molecular weight excluding hydrogens is 406 g/mol. The van der Waals surface area contributed by atoms with Crippen LogP contribution in [0.3, 0.4) is 0 Å². The van der Waals surface area contributed by atoms with Crippen LogP contribution in [0.25, 0.3) is 0 Å². The Bertz CT molecular complexity index is 936. The van der Waals surface area contributed by atoms with Crippen molar-refractivity contribution >= 4 is 27.6 Å². The van der Waals surface area contributed by atoms with Gasteiger partial charge in [0.05, 0.1) is 11.6 Å². The quantitative estimate of drug-likeness (QED) is 0.789. The van der Waals surface area contributed by atoms with E-state index in [0.29, 0.717) is 19.3 Å². The first-order valence-electron chi connectivity index (χ1n) is 9.01. The minimum Gasteiger partial charge on any atom is -0.496 e. The van der Waals surface area contributed by atoms with E-state index in [4.69, 9.17) is 4.74 Å². The summed E-state index contributed by atoms with van der Waals surface area (Å²) in [5.41, 5.74) is 3.64. The van der Waals surface area contributed by atoms with Gasteiger partial charge in [0.25, 0.3) is 0 Å². The number of rotatable bonds is 3. The number of carbonyl (C=O) groups excluding carboxylic acids is 2. The summed E-state index contributed by atoms with van der Waals surface area (Å²) in [5.74, 6) is 0.723. The normalized spacial score (nSPS) is 22.3. The molecule has 27 heavy (non-hydrogen) atoms. The van der Waals surface area contributed by atoms with Gasteiger partial charge in [0, 0.05) is 30.0 Å². The summed E-state index contributed by atoms with van der Waals surface area (Å²) in [5, 5.41) is 2.97. The van der Waals surface area contributed by atoms with Gasteiger partial charge in [-0.3, -0.25) is 9.59 Å². The van der Waals surface area contributed by atoms with Crippen LogP contribution in [-0.4, -0.2) is 18.8 Å². The smallest absolute Gasteiger partial charge is 0.225 e. The van der Waals surface area contributed by atoms with Crippen molar-refractivity contribution in [1.29, 1.82) is 0 Å². The number of amides is 1. The molecule has 0 spiro atoms. The van der Waals surface area contributed by atoms with E-state index in [9.17, 15) is 9.59 Å². The summed E-state index contributed by atoms with van der Waals surface area (Å²) >= 11 is 3.51. The van der Waals surface area contributed by atoms with Gasteiger partial charge in [-0.1, -0.05) is 36.4 Å². The first-order chi connectivity index (χ1) is 13.1. The fourth-order valence-electron chi connectivity index (χ4n) is 4.11. The van der Waals surface area contributed by atoms with Gasteiger partial charge >= 0.3 is 0 Å². The lowest BCUT2D eigenvalue weighted by Crippen LogP contribution is -2.38. The molecule has 5 heteroatoms. The van der Waals surface area contributed by atoms with Crippen LogP contribution in [0.5, 0.6) is 5.75 Å². The first-order valence-corrected chi connectivity index (χ1v) is 9.80. The van der Waals surface area contributed by atoms with Gasteiger partial charge in [0.15, 0.2) is 5.78 Å². The molecule has 0 saturated heterocycles. The average Bonchev–Trinajstić information content (AvgIpc) is 2.67. The van der Waals surface area contributed by atoms with Crippen molar-refractivity contribution in [2.45, 2.75) is 31.1 Å². The zero-order chi connectivity index (χ0) is 19.0. The molecule has 4 nitrogen and oxygen atoms in total. The summed E-state index contributed by atoms with van der Waals surface area (Å²) in [6.45, 7) is 0. The van der Waals surface area contributed by atoms with E-state index in [1.807, 2.05) is 48.5 Å². The van der Waals surface area contributed by atoms with Crippen LogP contribution in [0.4, 0.5) is 0 Å². The highest BCUT2D eigenvalue weighted by atomic mass is 79.9. The SMILES string of the molecule is COc1ccc(C2CC(=O)NC3=C2C(=O)CC(c2ccccc2)C3)cc1Br. The number of nitrogens with one attached hydrogen (secondary N) is 1. The van der Waals surface area contributed by atoms with Gasteiger partial charge in [0.2, 0.25) is 5.91 Å². The second-order valence-electron chi connectivity index (χ2n) is 7.03. The third-order valence-corrected chi connectivity index (χ3v) is 6.01. The number of carbonyl (C=O) groups is 2. The zero-order valence-corrected chi connectivity index (χ0v) is 16.6. The summed E-state index contributed by atoms with van der Waals surface area (Å²) in [4.78, 5) is 25.4. The molecule has 0 aromatic heterocycles. The highest BCUT2D eigenvalue weighted by Gasteiger charge is 2.38. The van der Waals surface area contributed by atoms with Crippen molar-refractivity contribution in [3.8, 4) is 5.75 Å². The molecule has 1 N–H and O–H groups in total. The summed E-state index contributed by atoms with van der Waals surface area (Å²) < 4.78 is 6.11. The number of methoxy groups -OCH3 is 1. The Balaban J connectivity index is 1.72. The third-order valence-electron chi connectivity index (χ3n) is 5.39. The Labute approximate surface area is 166 Å². The molecule has 0 fully saturated rings. The molecule has 2 aliphatic rings. The molecule has 4 rings (SSSR count). The molecule has 138 valence electrons. The standard InChI is InChI=1S/C22H20BrNO3/c1-27-20-8-7-14(9-17(20)23)16-12-21(26)24-18-10-15(11-19(25)22(16)18)13-5-3-2-4-6-13/h2-9,15-16H,10-12H2,1H3,(H,24,26). The topological polar surface area (TPSA) is 55.4 Å². The Morgan fingerprint density at radius 2 is 1.78 bits per heavy atom. The lowest BCUT2D eigenvalue weighted by Gasteiger charge is -2.34. The van der Waals surface area contributed by atoms with Gasteiger partial charge in [-0.15, -0.1) is 0 Å². The number of hydrogen-bond donors (Lipinski definition) is 1. The maximum absolute atomic E-state index is 13.1. The molecule has 1 aliphatic carbocycles. The van der Waals surface area contributed by atoms with Crippen molar-refractivity contribution in [2.75, 3.05) is 7.11 Å². The minimum atomic E-state index is -0.208. The monoisotopic (exact) mass is 425 g/mol. The molecule has 2 unspecified atom stereocenters. The molecule has 2 atom stereocenters.